The van der Waals surface area contributed by atoms with Crippen LogP contribution in [0.1, 0.15) is 12.7 Å². The summed E-state index contributed by atoms with van der Waals surface area (Å²) in [7, 11) is 0. The quantitative estimate of drug-likeness (QED) is 0.767. The zero-order valence-corrected chi connectivity index (χ0v) is 12.9. The molecule has 0 radical (unpaired) electrons. The Hall–Kier alpha value is -2.38. The molecule has 0 saturated carbocycles. The molecule has 0 aliphatic carbocycles. The summed E-state index contributed by atoms with van der Waals surface area (Å²) in [5.74, 6) is 3.46. The molecule has 0 N–H and O–H groups in total. The number of amides is 1. The van der Waals surface area contributed by atoms with Gasteiger partial charge in [0, 0.05) is 5.02 Å². The molecule has 0 aliphatic heterocycles. The first-order chi connectivity index (χ1) is 10.6. The van der Waals surface area contributed by atoms with Crippen molar-refractivity contribution in [2.75, 3.05) is 6.54 Å². The summed E-state index contributed by atoms with van der Waals surface area (Å²) >= 11 is 5.90. The predicted octanol–water partition coefficient (Wildman–Crippen LogP) is 3.36. The van der Waals surface area contributed by atoms with Crippen molar-refractivity contribution in [2.45, 2.75) is 19.6 Å². The molecule has 1 heterocycles. The minimum atomic E-state index is -0.679. The lowest BCUT2D eigenvalue weighted by atomic mass is 10.3. The van der Waals surface area contributed by atoms with Gasteiger partial charge in [-0.3, -0.25) is 4.79 Å². The second-order valence-corrected chi connectivity index (χ2v) is 5.13. The van der Waals surface area contributed by atoms with Gasteiger partial charge < -0.3 is 14.1 Å². The van der Waals surface area contributed by atoms with Gasteiger partial charge in [-0.05, 0) is 37.3 Å². The maximum atomic E-state index is 12.5. The highest BCUT2D eigenvalue weighted by Crippen LogP contribution is 2.19. The van der Waals surface area contributed by atoms with Crippen LogP contribution >= 0.6 is 11.6 Å². The van der Waals surface area contributed by atoms with E-state index in [-0.39, 0.29) is 12.5 Å². The molecular weight excluding hydrogens is 302 g/mol. The Balaban J connectivity index is 2.04. The standard InChI is InChI=1S/C17H16ClNO3/c1-3-9-19(12-16-8-5-10-21-16)17(20)13(2)22-15-7-4-6-14(18)11-15/h1,4-8,10-11,13H,9,12H2,2H3/t13-/m0/s1. The SMILES string of the molecule is C#CCN(Cc1ccco1)C(=O)[C@H](C)Oc1cccc(Cl)c1. The number of hydrogen-bond donors (Lipinski definition) is 0. The lowest BCUT2D eigenvalue weighted by Crippen LogP contribution is -2.40. The van der Waals surface area contributed by atoms with Crippen LogP contribution in [0.25, 0.3) is 0 Å². The Labute approximate surface area is 134 Å². The maximum absolute atomic E-state index is 12.5. The van der Waals surface area contributed by atoms with Crippen LogP contribution in [0.15, 0.2) is 47.1 Å². The third-order valence-electron chi connectivity index (χ3n) is 2.98. The molecule has 0 fully saturated rings. The van der Waals surface area contributed by atoms with Crippen LogP contribution in [-0.2, 0) is 11.3 Å². The number of terminal acetylenes is 1. The lowest BCUT2D eigenvalue weighted by molar-refractivity contribution is -0.138. The van der Waals surface area contributed by atoms with E-state index in [0.717, 1.165) is 0 Å². The highest BCUT2D eigenvalue weighted by atomic mass is 35.5. The smallest absolute Gasteiger partial charge is 0.264 e. The van der Waals surface area contributed by atoms with Crippen molar-refractivity contribution in [2.24, 2.45) is 0 Å². The normalized spacial score (nSPS) is 11.5. The van der Waals surface area contributed by atoms with Gasteiger partial charge in [0.15, 0.2) is 6.10 Å². The van der Waals surface area contributed by atoms with E-state index < -0.39 is 6.10 Å². The minimum absolute atomic E-state index is 0.183. The van der Waals surface area contributed by atoms with E-state index in [1.807, 2.05) is 0 Å². The molecule has 114 valence electrons. The number of ether oxygens (including phenoxy) is 1. The van der Waals surface area contributed by atoms with Crippen LogP contribution in [0.2, 0.25) is 5.02 Å². The number of benzene rings is 1. The van der Waals surface area contributed by atoms with E-state index in [1.165, 1.54) is 4.90 Å². The van der Waals surface area contributed by atoms with E-state index in [0.29, 0.717) is 23.1 Å². The highest BCUT2D eigenvalue weighted by Gasteiger charge is 2.22. The summed E-state index contributed by atoms with van der Waals surface area (Å²) in [6, 6.07) is 10.5. The van der Waals surface area contributed by atoms with Crippen molar-refractivity contribution < 1.29 is 13.9 Å². The Kier molecular flexibility index (Phi) is 5.51. The van der Waals surface area contributed by atoms with Crippen LogP contribution in [0, 0.1) is 12.3 Å². The number of carbonyl (C=O) groups is 1. The predicted molar refractivity (Wildman–Crippen MR) is 84.5 cm³/mol. The fourth-order valence-electron chi connectivity index (χ4n) is 1.96. The fourth-order valence-corrected chi connectivity index (χ4v) is 2.14. The highest BCUT2D eigenvalue weighted by molar-refractivity contribution is 6.30. The summed E-state index contributed by atoms with van der Waals surface area (Å²) in [6.45, 7) is 2.16. The van der Waals surface area contributed by atoms with Crippen LogP contribution in [0.4, 0.5) is 0 Å². The van der Waals surface area contributed by atoms with E-state index >= 15 is 0 Å². The number of nitrogens with zero attached hydrogens (tertiary/aromatic N) is 1. The van der Waals surface area contributed by atoms with Crippen molar-refractivity contribution in [1.82, 2.24) is 4.90 Å². The molecule has 0 bridgehead atoms. The number of furan rings is 1. The Morgan fingerprint density at radius 1 is 1.45 bits per heavy atom. The van der Waals surface area contributed by atoms with Crippen molar-refractivity contribution >= 4 is 17.5 Å². The Morgan fingerprint density at radius 3 is 2.91 bits per heavy atom. The molecule has 0 aliphatic rings. The summed E-state index contributed by atoms with van der Waals surface area (Å²) in [5.41, 5.74) is 0. The van der Waals surface area contributed by atoms with Crippen LogP contribution in [-0.4, -0.2) is 23.5 Å². The fraction of sp³-hybridized carbons (Fsp3) is 0.235. The van der Waals surface area contributed by atoms with Crippen molar-refractivity contribution in [1.29, 1.82) is 0 Å². The number of rotatable bonds is 6. The molecule has 0 unspecified atom stereocenters. The van der Waals surface area contributed by atoms with Crippen molar-refractivity contribution in [3.05, 3.63) is 53.4 Å². The van der Waals surface area contributed by atoms with E-state index in [2.05, 4.69) is 5.92 Å². The van der Waals surface area contributed by atoms with Crippen LogP contribution in [0.5, 0.6) is 5.75 Å². The summed E-state index contributed by atoms with van der Waals surface area (Å²) < 4.78 is 10.9. The monoisotopic (exact) mass is 317 g/mol. The second kappa shape index (κ2) is 7.58. The molecule has 2 rings (SSSR count). The van der Waals surface area contributed by atoms with Crippen LogP contribution in [0.3, 0.4) is 0 Å². The zero-order chi connectivity index (χ0) is 15.9. The second-order valence-electron chi connectivity index (χ2n) is 4.70. The zero-order valence-electron chi connectivity index (χ0n) is 12.2. The molecule has 5 heteroatoms. The van der Waals surface area contributed by atoms with E-state index in [9.17, 15) is 4.79 Å². The van der Waals surface area contributed by atoms with Gasteiger partial charge in [-0.2, -0.15) is 0 Å². The summed E-state index contributed by atoms with van der Waals surface area (Å²) in [6.07, 6.45) is 6.21. The molecule has 1 aromatic carbocycles. The van der Waals surface area contributed by atoms with Gasteiger partial charge in [-0.1, -0.05) is 23.6 Å². The average Bonchev–Trinajstić information content (AvgIpc) is 2.99. The first kappa shape index (κ1) is 16.0. The Morgan fingerprint density at radius 2 is 2.27 bits per heavy atom. The molecule has 4 nitrogen and oxygen atoms in total. The van der Waals surface area contributed by atoms with Gasteiger partial charge in [0.25, 0.3) is 5.91 Å². The van der Waals surface area contributed by atoms with Gasteiger partial charge >= 0.3 is 0 Å². The van der Waals surface area contributed by atoms with Gasteiger partial charge in [0.05, 0.1) is 19.4 Å². The topological polar surface area (TPSA) is 42.7 Å². The number of carbonyl (C=O) groups excluding carboxylic acids is 1. The van der Waals surface area contributed by atoms with Gasteiger partial charge in [-0.25, -0.2) is 0 Å². The van der Waals surface area contributed by atoms with Crippen molar-refractivity contribution in [3.8, 4) is 18.1 Å². The third-order valence-corrected chi connectivity index (χ3v) is 3.21. The Bertz CT molecular complexity index is 661. The van der Waals surface area contributed by atoms with Gasteiger partial charge in [0.2, 0.25) is 0 Å². The molecule has 2 aromatic rings. The molecule has 1 amide bonds. The number of halogens is 1. The van der Waals surface area contributed by atoms with E-state index in [1.54, 1.807) is 49.6 Å². The maximum Gasteiger partial charge on any atom is 0.264 e. The molecule has 1 aromatic heterocycles. The first-order valence-corrected chi connectivity index (χ1v) is 7.15. The average molecular weight is 318 g/mol. The molecule has 0 spiro atoms. The number of hydrogen-bond acceptors (Lipinski definition) is 3. The minimum Gasteiger partial charge on any atom is -0.481 e. The molecule has 22 heavy (non-hydrogen) atoms. The molecule has 0 saturated heterocycles. The largest absolute Gasteiger partial charge is 0.481 e. The van der Waals surface area contributed by atoms with Gasteiger partial charge in [-0.15, -0.1) is 6.42 Å². The molecular formula is C17H16ClNO3. The third kappa shape index (κ3) is 4.31. The lowest BCUT2D eigenvalue weighted by Gasteiger charge is -2.23. The summed E-state index contributed by atoms with van der Waals surface area (Å²) in [5, 5.41) is 0.549. The van der Waals surface area contributed by atoms with Crippen LogP contribution < -0.4 is 4.74 Å². The first-order valence-electron chi connectivity index (χ1n) is 6.77. The van der Waals surface area contributed by atoms with Crippen molar-refractivity contribution in [3.63, 3.8) is 0 Å². The van der Waals surface area contributed by atoms with Gasteiger partial charge in [0.1, 0.15) is 11.5 Å². The van der Waals surface area contributed by atoms with E-state index in [4.69, 9.17) is 27.2 Å². The molecule has 1 atom stereocenters. The summed E-state index contributed by atoms with van der Waals surface area (Å²) in [4.78, 5) is 14.0.